The fourth-order valence-electron chi connectivity index (χ4n) is 1.68. The molecule has 3 nitrogen and oxygen atoms in total. The van der Waals surface area contributed by atoms with Crippen LogP contribution in [0.4, 0.5) is 8.78 Å². The second kappa shape index (κ2) is 5.91. The normalized spacial score (nSPS) is 14.1. The van der Waals surface area contributed by atoms with E-state index in [2.05, 4.69) is 5.32 Å². The minimum absolute atomic E-state index is 0.335. The highest BCUT2D eigenvalue weighted by Crippen LogP contribution is 2.24. The van der Waals surface area contributed by atoms with Gasteiger partial charge in [-0.15, -0.1) is 0 Å². The number of esters is 1. The van der Waals surface area contributed by atoms with Crippen molar-refractivity contribution in [1.82, 2.24) is 5.32 Å². The van der Waals surface area contributed by atoms with Crippen LogP contribution in [-0.2, 0) is 15.1 Å². The van der Waals surface area contributed by atoms with E-state index in [4.69, 9.17) is 4.74 Å². The van der Waals surface area contributed by atoms with E-state index in [1.807, 2.05) is 6.92 Å². The summed E-state index contributed by atoms with van der Waals surface area (Å²) in [4.78, 5) is 11.8. The zero-order chi connectivity index (χ0) is 13.8. The zero-order valence-electron chi connectivity index (χ0n) is 10.7. The molecule has 100 valence electrons. The van der Waals surface area contributed by atoms with Gasteiger partial charge in [0.1, 0.15) is 5.54 Å². The van der Waals surface area contributed by atoms with Gasteiger partial charge in [-0.05, 0) is 37.6 Å². The summed E-state index contributed by atoms with van der Waals surface area (Å²) in [5, 5.41) is 3.00. The van der Waals surface area contributed by atoms with E-state index in [9.17, 15) is 13.6 Å². The highest BCUT2D eigenvalue weighted by Gasteiger charge is 2.36. The first-order chi connectivity index (χ1) is 8.45. The number of carbonyl (C=O) groups is 1. The topological polar surface area (TPSA) is 38.3 Å². The van der Waals surface area contributed by atoms with Crippen molar-refractivity contribution in [2.45, 2.75) is 25.8 Å². The summed E-state index contributed by atoms with van der Waals surface area (Å²) in [5.41, 5.74) is -0.846. The average molecular weight is 257 g/mol. The molecule has 0 saturated heterocycles. The lowest BCUT2D eigenvalue weighted by Gasteiger charge is -2.28. The van der Waals surface area contributed by atoms with E-state index in [0.29, 0.717) is 12.1 Å². The van der Waals surface area contributed by atoms with Crippen molar-refractivity contribution in [2.24, 2.45) is 0 Å². The summed E-state index contributed by atoms with van der Waals surface area (Å²) >= 11 is 0. The number of benzene rings is 1. The van der Waals surface area contributed by atoms with E-state index in [1.54, 1.807) is 6.92 Å². The van der Waals surface area contributed by atoms with Crippen LogP contribution in [0.15, 0.2) is 18.2 Å². The predicted molar refractivity (Wildman–Crippen MR) is 64.0 cm³/mol. The Balaban J connectivity index is 3.16. The number of hydrogen-bond acceptors (Lipinski definition) is 3. The molecule has 0 aromatic heterocycles. The smallest absolute Gasteiger partial charge is 0.330 e. The van der Waals surface area contributed by atoms with Gasteiger partial charge in [0.25, 0.3) is 0 Å². The van der Waals surface area contributed by atoms with Crippen LogP contribution in [0.2, 0.25) is 0 Å². The molecule has 0 aliphatic carbocycles. The van der Waals surface area contributed by atoms with Gasteiger partial charge in [-0.2, -0.15) is 0 Å². The van der Waals surface area contributed by atoms with Gasteiger partial charge in [0.15, 0.2) is 11.6 Å². The Bertz CT molecular complexity index is 437. The van der Waals surface area contributed by atoms with Gasteiger partial charge in [-0.1, -0.05) is 13.0 Å². The van der Waals surface area contributed by atoms with E-state index in [1.165, 1.54) is 13.2 Å². The van der Waals surface area contributed by atoms with Crippen LogP contribution in [0.3, 0.4) is 0 Å². The van der Waals surface area contributed by atoms with Gasteiger partial charge in [-0.3, -0.25) is 5.32 Å². The van der Waals surface area contributed by atoms with E-state index in [0.717, 1.165) is 18.6 Å². The lowest BCUT2D eigenvalue weighted by molar-refractivity contribution is -0.148. The quantitative estimate of drug-likeness (QED) is 0.823. The number of halogens is 2. The third-order valence-electron chi connectivity index (χ3n) is 2.82. The molecule has 0 aliphatic heterocycles. The first kappa shape index (κ1) is 14.6. The lowest BCUT2D eigenvalue weighted by atomic mass is 9.91. The number of ether oxygens (including phenoxy) is 1. The first-order valence-electron chi connectivity index (χ1n) is 5.74. The molecule has 5 heteroatoms. The van der Waals surface area contributed by atoms with Crippen LogP contribution in [0.1, 0.15) is 25.8 Å². The Morgan fingerprint density at radius 3 is 2.56 bits per heavy atom. The Hall–Kier alpha value is -1.49. The molecular formula is C13H17F2NO2. The minimum atomic E-state index is -1.18. The van der Waals surface area contributed by atoms with Gasteiger partial charge in [-0.25, -0.2) is 13.6 Å². The van der Waals surface area contributed by atoms with Crippen molar-refractivity contribution in [2.75, 3.05) is 13.7 Å². The Labute approximate surface area is 105 Å². The SMILES string of the molecule is CCCNC(C)(C(=O)OC)c1ccc(F)c(F)c1. The molecule has 18 heavy (non-hydrogen) atoms. The standard InChI is InChI=1S/C13H17F2NO2/c1-4-7-16-13(2,12(17)18-3)9-5-6-10(14)11(15)8-9/h5-6,8,16H,4,7H2,1-3H3. The van der Waals surface area contributed by atoms with Crippen molar-refractivity contribution >= 4 is 5.97 Å². The van der Waals surface area contributed by atoms with Crippen molar-refractivity contribution in [1.29, 1.82) is 0 Å². The van der Waals surface area contributed by atoms with Gasteiger partial charge in [0, 0.05) is 0 Å². The second-order valence-electron chi connectivity index (χ2n) is 4.17. The van der Waals surface area contributed by atoms with Crippen molar-refractivity contribution in [3.05, 3.63) is 35.4 Å². The van der Waals surface area contributed by atoms with E-state index >= 15 is 0 Å². The van der Waals surface area contributed by atoms with Gasteiger partial charge in [0.2, 0.25) is 0 Å². The molecule has 0 amide bonds. The number of nitrogens with one attached hydrogen (secondary N) is 1. The summed E-state index contributed by atoms with van der Waals surface area (Å²) in [5.74, 6) is -2.47. The molecule has 1 aromatic carbocycles. The number of hydrogen-bond donors (Lipinski definition) is 1. The molecule has 1 rings (SSSR count). The molecule has 0 aliphatic rings. The maximum atomic E-state index is 13.2. The van der Waals surface area contributed by atoms with Crippen LogP contribution < -0.4 is 5.32 Å². The summed E-state index contributed by atoms with van der Waals surface area (Å²) in [7, 11) is 1.26. The predicted octanol–water partition coefficient (Wildman–Crippen LogP) is 2.35. The van der Waals surface area contributed by atoms with Crippen LogP contribution in [0.5, 0.6) is 0 Å². The Morgan fingerprint density at radius 1 is 1.39 bits per heavy atom. The molecule has 0 fully saturated rings. The third kappa shape index (κ3) is 2.85. The van der Waals surface area contributed by atoms with Gasteiger partial charge in [0.05, 0.1) is 7.11 Å². The van der Waals surface area contributed by atoms with Crippen LogP contribution >= 0.6 is 0 Å². The molecule has 1 aromatic rings. The van der Waals surface area contributed by atoms with Gasteiger partial charge >= 0.3 is 5.97 Å². The molecule has 0 heterocycles. The van der Waals surface area contributed by atoms with E-state index in [-0.39, 0.29) is 0 Å². The van der Waals surface area contributed by atoms with Crippen LogP contribution in [0, 0.1) is 11.6 Å². The van der Waals surface area contributed by atoms with Gasteiger partial charge < -0.3 is 4.74 Å². The maximum Gasteiger partial charge on any atom is 0.330 e. The minimum Gasteiger partial charge on any atom is -0.467 e. The van der Waals surface area contributed by atoms with Crippen molar-refractivity contribution < 1.29 is 18.3 Å². The molecule has 1 unspecified atom stereocenters. The van der Waals surface area contributed by atoms with Crippen molar-refractivity contribution in [3.63, 3.8) is 0 Å². The molecule has 0 spiro atoms. The summed E-state index contributed by atoms with van der Waals surface area (Å²) < 4.78 is 30.9. The largest absolute Gasteiger partial charge is 0.467 e. The second-order valence-corrected chi connectivity index (χ2v) is 4.17. The Kier molecular flexibility index (Phi) is 4.78. The zero-order valence-corrected chi connectivity index (χ0v) is 10.7. The molecule has 0 radical (unpaired) electrons. The summed E-state index contributed by atoms with van der Waals surface area (Å²) in [6.45, 7) is 4.09. The highest BCUT2D eigenvalue weighted by atomic mass is 19.2. The average Bonchev–Trinajstić information content (AvgIpc) is 2.38. The molecule has 0 saturated carbocycles. The fourth-order valence-corrected chi connectivity index (χ4v) is 1.68. The molecule has 0 bridgehead atoms. The first-order valence-corrected chi connectivity index (χ1v) is 5.74. The highest BCUT2D eigenvalue weighted by molar-refractivity contribution is 5.82. The number of rotatable bonds is 5. The molecule has 1 atom stereocenters. The van der Waals surface area contributed by atoms with Crippen LogP contribution in [0.25, 0.3) is 0 Å². The summed E-state index contributed by atoms with van der Waals surface area (Å²) in [6, 6.07) is 3.38. The number of methoxy groups -OCH3 is 1. The lowest BCUT2D eigenvalue weighted by Crippen LogP contribution is -2.47. The fraction of sp³-hybridized carbons (Fsp3) is 0.462. The number of carbonyl (C=O) groups excluding carboxylic acids is 1. The molecule has 1 N–H and O–H groups in total. The monoisotopic (exact) mass is 257 g/mol. The Morgan fingerprint density at radius 2 is 2.06 bits per heavy atom. The summed E-state index contributed by atoms with van der Waals surface area (Å²) in [6.07, 6.45) is 0.802. The maximum absolute atomic E-state index is 13.2. The third-order valence-corrected chi connectivity index (χ3v) is 2.82. The van der Waals surface area contributed by atoms with E-state index < -0.39 is 23.1 Å². The van der Waals surface area contributed by atoms with Crippen molar-refractivity contribution in [3.8, 4) is 0 Å². The molecular weight excluding hydrogens is 240 g/mol. The van der Waals surface area contributed by atoms with Crippen LogP contribution in [-0.4, -0.2) is 19.6 Å².